The van der Waals surface area contributed by atoms with E-state index in [1.54, 1.807) is 0 Å². The van der Waals surface area contributed by atoms with Crippen LogP contribution in [0.5, 0.6) is 0 Å². The van der Waals surface area contributed by atoms with Gasteiger partial charge in [-0.25, -0.2) is 0 Å². The van der Waals surface area contributed by atoms with Gasteiger partial charge in [0.05, 0.1) is 3.79 Å². The molecule has 0 radical (unpaired) electrons. The van der Waals surface area contributed by atoms with Gasteiger partial charge in [0, 0.05) is 10.9 Å². The first-order chi connectivity index (χ1) is 7.13. The number of nitrogens with one attached hydrogen (secondary N) is 1. The van der Waals surface area contributed by atoms with Crippen LogP contribution in [0.25, 0.3) is 0 Å². The fraction of sp³-hybridized carbons (Fsp3) is 0.667. The van der Waals surface area contributed by atoms with E-state index in [-0.39, 0.29) is 0 Å². The molecule has 15 heavy (non-hydrogen) atoms. The van der Waals surface area contributed by atoms with Gasteiger partial charge in [-0.15, -0.1) is 11.3 Å². The van der Waals surface area contributed by atoms with Crippen LogP contribution in [0, 0.1) is 5.92 Å². The zero-order chi connectivity index (χ0) is 11.3. The van der Waals surface area contributed by atoms with Crippen LogP contribution in [0.4, 0.5) is 0 Å². The van der Waals surface area contributed by atoms with Gasteiger partial charge in [-0.1, -0.05) is 20.8 Å². The molecule has 0 aliphatic heterocycles. The molecule has 0 amide bonds. The molecular formula is C12H20BrNS. The molecule has 0 fully saturated rings. The quantitative estimate of drug-likeness (QED) is 0.807. The van der Waals surface area contributed by atoms with Crippen molar-refractivity contribution in [2.45, 2.75) is 39.7 Å². The molecule has 1 heterocycles. The topological polar surface area (TPSA) is 12.0 Å². The molecule has 0 saturated heterocycles. The first-order valence-electron chi connectivity index (χ1n) is 5.62. The van der Waals surface area contributed by atoms with Crippen molar-refractivity contribution < 1.29 is 0 Å². The van der Waals surface area contributed by atoms with Crippen LogP contribution in [-0.4, -0.2) is 6.54 Å². The van der Waals surface area contributed by atoms with Gasteiger partial charge in [-0.05, 0) is 53.4 Å². The summed E-state index contributed by atoms with van der Waals surface area (Å²) in [7, 11) is 0. The lowest BCUT2D eigenvalue weighted by atomic mass is 10.0. The number of halogens is 1. The smallest absolute Gasteiger partial charge is 0.0701 e. The lowest BCUT2D eigenvalue weighted by molar-refractivity contribution is 0.453. The van der Waals surface area contributed by atoms with Gasteiger partial charge >= 0.3 is 0 Å². The van der Waals surface area contributed by atoms with E-state index in [2.05, 4.69) is 54.2 Å². The molecule has 0 aliphatic carbocycles. The normalized spacial score (nSPS) is 13.4. The SMILES string of the molecule is CCNC(CCC(C)C)c1ccc(Br)s1. The van der Waals surface area contributed by atoms with Crippen LogP contribution < -0.4 is 5.32 Å². The van der Waals surface area contributed by atoms with Crippen molar-refractivity contribution >= 4 is 27.3 Å². The average Bonchev–Trinajstić information content (AvgIpc) is 2.59. The molecule has 1 aromatic rings. The molecule has 1 atom stereocenters. The van der Waals surface area contributed by atoms with E-state index < -0.39 is 0 Å². The highest BCUT2D eigenvalue weighted by molar-refractivity contribution is 9.11. The Morgan fingerprint density at radius 1 is 1.33 bits per heavy atom. The highest BCUT2D eigenvalue weighted by Crippen LogP contribution is 2.30. The molecule has 1 rings (SSSR count). The van der Waals surface area contributed by atoms with Crippen molar-refractivity contribution in [1.82, 2.24) is 5.32 Å². The van der Waals surface area contributed by atoms with E-state index in [9.17, 15) is 0 Å². The van der Waals surface area contributed by atoms with Crippen LogP contribution in [-0.2, 0) is 0 Å². The van der Waals surface area contributed by atoms with Gasteiger partial charge in [0.2, 0.25) is 0 Å². The molecule has 1 aromatic heterocycles. The zero-order valence-corrected chi connectivity index (χ0v) is 12.1. The van der Waals surface area contributed by atoms with E-state index in [0.717, 1.165) is 12.5 Å². The van der Waals surface area contributed by atoms with E-state index in [0.29, 0.717) is 6.04 Å². The lowest BCUT2D eigenvalue weighted by Crippen LogP contribution is -2.20. The molecule has 1 N–H and O–H groups in total. The summed E-state index contributed by atoms with van der Waals surface area (Å²) in [6, 6.07) is 4.90. The predicted molar refractivity (Wildman–Crippen MR) is 72.5 cm³/mol. The maximum Gasteiger partial charge on any atom is 0.0701 e. The van der Waals surface area contributed by atoms with Crippen molar-refractivity contribution in [2.75, 3.05) is 6.54 Å². The molecular weight excluding hydrogens is 270 g/mol. The minimum atomic E-state index is 0.536. The van der Waals surface area contributed by atoms with Gasteiger partial charge in [0.25, 0.3) is 0 Å². The number of rotatable bonds is 6. The Morgan fingerprint density at radius 3 is 2.53 bits per heavy atom. The van der Waals surface area contributed by atoms with Crippen molar-refractivity contribution in [3.8, 4) is 0 Å². The second-order valence-corrected chi connectivity index (χ2v) is 6.72. The number of hydrogen-bond acceptors (Lipinski definition) is 2. The Morgan fingerprint density at radius 2 is 2.07 bits per heavy atom. The van der Waals surface area contributed by atoms with Gasteiger partial charge in [0.1, 0.15) is 0 Å². The minimum Gasteiger partial charge on any atom is -0.310 e. The average molecular weight is 290 g/mol. The third-order valence-corrected chi connectivity index (χ3v) is 4.16. The summed E-state index contributed by atoms with van der Waals surface area (Å²) in [5.74, 6) is 0.787. The van der Waals surface area contributed by atoms with Crippen LogP contribution in [0.15, 0.2) is 15.9 Å². The molecule has 0 saturated carbocycles. The van der Waals surface area contributed by atoms with E-state index in [1.807, 2.05) is 11.3 Å². The summed E-state index contributed by atoms with van der Waals surface area (Å²) in [6.45, 7) is 7.78. The molecule has 0 bridgehead atoms. The molecule has 3 heteroatoms. The zero-order valence-electron chi connectivity index (χ0n) is 9.72. The van der Waals surface area contributed by atoms with Crippen LogP contribution in [0.3, 0.4) is 0 Å². The minimum absolute atomic E-state index is 0.536. The summed E-state index contributed by atoms with van der Waals surface area (Å²) in [5.41, 5.74) is 0. The monoisotopic (exact) mass is 289 g/mol. The summed E-state index contributed by atoms with van der Waals surface area (Å²) < 4.78 is 1.23. The third-order valence-electron chi connectivity index (χ3n) is 2.42. The third kappa shape index (κ3) is 4.66. The fourth-order valence-corrected chi connectivity index (χ4v) is 3.14. The van der Waals surface area contributed by atoms with E-state index in [4.69, 9.17) is 0 Å². The Hall–Kier alpha value is 0.140. The van der Waals surface area contributed by atoms with Crippen LogP contribution in [0.1, 0.15) is 44.5 Å². The van der Waals surface area contributed by atoms with Crippen molar-refractivity contribution in [3.05, 3.63) is 20.8 Å². The van der Waals surface area contributed by atoms with E-state index >= 15 is 0 Å². The Labute approximate surface area is 105 Å². The summed E-state index contributed by atoms with van der Waals surface area (Å²) in [4.78, 5) is 1.45. The van der Waals surface area contributed by atoms with Gasteiger partial charge < -0.3 is 5.32 Å². The fourth-order valence-electron chi connectivity index (χ4n) is 1.61. The van der Waals surface area contributed by atoms with Gasteiger partial charge in [0.15, 0.2) is 0 Å². The van der Waals surface area contributed by atoms with Crippen LogP contribution >= 0.6 is 27.3 Å². The first-order valence-corrected chi connectivity index (χ1v) is 7.23. The largest absolute Gasteiger partial charge is 0.310 e. The summed E-state index contributed by atoms with van der Waals surface area (Å²) >= 11 is 5.36. The number of thiophene rings is 1. The highest BCUT2D eigenvalue weighted by Gasteiger charge is 2.12. The second-order valence-electron chi connectivity index (χ2n) is 4.22. The molecule has 1 nitrogen and oxygen atoms in total. The van der Waals surface area contributed by atoms with Gasteiger partial charge in [-0.3, -0.25) is 0 Å². The Bertz CT molecular complexity index is 283. The molecule has 1 unspecified atom stereocenters. The second kappa shape index (κ2) is 6.66. The molecule has 0 aromatic carbocycles. The molecule has 86 valence electrons. The highest BCUT2D eigenvalue weighted by atomic mass is 79.9. The maximum absolute atomic E-state index is 3.56. The van der Waals surface area contributed by atoms with Crippen molar-refractivity contribution in [3.63, 3.8) is 0 Å². The van der Waals surface area contributed by atoms with Crippen molar-refractivity contribution in [2.24, 2.45) is 5.92 Å². The van der Waals surface area contributed by atoms with Crippen LogP contribution in [0.2, 0.25) is 0 Å². The standard InChI is InChI=1S/C12H20BrNS/c1-4-14-10(6-5-9(2)3)11-7-8-12(13)15-11/h7-10,14H,4-6H2,1-3H3. The predicted octanol–water partition coefficient (Wildman–Crippen LogP) is 4.60. The Balaban J connectivity index is 2.57. The Kier molecular flexibility index (Phi) is 5.87. The maximum atomic E-state index is 3.56. The summed E-state index contributed by atoms with van der Waals surface area (Å²) in [5, 5.41) is 3.56. The number of hydrogen-bond donors (Lipinski definition) is 1. The summed E-state index contributed by atoms with van der Waals surface area (Å²) in [6.07, 6.45) is 2.52. The first kappa shape index (κ1) is 13.2. The molecule has 0 spiro atoms. The van der Waals surface area contributed by atoms with Gasteiger partial charge in [-0.2, -0.15) is 0 Å². The lowest BCUT2D eigenvalue weighted by Gasteiger charge is -2.17. The van der Waals surface area contributed by atoms with E-state index in [1.165, 1.54) is 21.5 Å². The van der Waals surface area contributed by atoms with Crippen molar-refractivity contribution in [1.29, 1.82) is 0 Å². The molecule has 0 aliphatic rings.